The molecule has 0 aliphatic rings. The van der Waals surface area contributed by atoms with Gasteiger partial charge in [-0.05, 0) is 36.4 Å². The molecule has 0 aliphatic heterocycles. The molecule has 1 N–H and O–H groups in total. The Labute approximate surface area is 132 Å². The second-order valence-electron chi connectivity index (χ2n) is 4.81. The summed E-state index contributed by atoms with van der Waals surface area (Å²) in [5.74, 6) is 0. The van der Waals surface area contributed by atoms with Gasteiger partial charge in [0.05, 0.1) is 0 Å². The van der Waals surface area contributed by atoms with Crippen molar-refractivity contribution in [2.24, 2.45) is 0 Å². The zero-order chi connectivity index (χ0) is 15.7. The lowest BCUT2D eigenvalue weighted by Gasteiger charge is -2.13. The summed E-state index contributed by atoms with van der Waals surface area (Å²) in [5.41, 5.74) is 2.30. The molecule has 8 heteroatoms. The van der Waals surface area contributed by atoms with Crippen molar-refractivity contribution in [3.63, 3.8) is 0 Å². The summed E-state index contributed by atoms with van der Waals surface area (Å²) >= 11 is 1.51. The average Bonchev–Trinajstić information content (AvgIpc) is 2.91. The van der Waals surface area contributed by atoms with Crippen LogP contribution in [0.3, 0.4) is 0 Å². The average molecular weight is 334 g/mol. The predicted molar refractivity (Wildman–Crippen MR) is 89.1 cm³/mol. The van der Waals surface area contributed by atoms with Gasteiger partial charge in [-0.1, -0.05) is 11.3 Å². The Morgan fingerprint density at radius 3 is 2.50 bits per heavy atom. The Kier molecular flexibility index (Phi) is 3.81. The maximum atomic E-state index is 11.8. The highest BCUT2D eigenvalue weighted by atomic mass is 32.2. The molecule has 114 valence electrons. The fraction of sp³-hybridized carbons (Fsp3) is 0.143. The monoisotopic (exact) mass is 334 g/mol. The first-order chi connectivity index (χ1) is 10.5. The first-order valence-corrected chi connectivity index (χ1v) is 8.73. The minimum atomic E-state index is -3.49. The van der Waals surface area contributed by atoms with E-state index in [2.05, 4.69) is 14.7 Å². The van der Waals surface area contributed by atoms with E-state index in [4.69, 9.17) is 0 Å². The van der Waals surface area contributed by atoms with Gasteiger partial charge in [0.2, 0.25) is 0 Å². The topological polar surface area (TPSA) is 75.2 Å². The predicted octanol–water partition coefficient (Wildman–Crippen LogP) is 2.58. The third-order valence-electron chi connectivity index (χ3n) is 3.03. The van der Waals surface area contributed by atoms with Gasteiger partial charge in [-0.3, -0.25) is 4.72 Å². The van der Waals surface area contributed by atoms with E-state index in [1.165, 1.54) is 25.4 Å². The SMILES string of the molecule is CN(C)S(=O)(=O)Nc1ccc(-c2nc3cccnc3s2)cc1. The number of nitrogens with zero attached hydrogens (tertiary/aromatic N) is 3. The number of hydrogen-bond donors (Lipinski definition) is 1. The number of anilines is 1. The molecule has 0 amide bonds. The molecule has 0 bridgehead atoms. The summed E-state index contributed by atoms with van der Waals surface area (Å²) in [5, 5.41) is 0.857. The minimum Gasteiger partial charge on any atom is -0.271 e. The molecule has 0 fully saturated rings. The number of nitrogens with one attached hydrogen (secondary N) is 1. The zero-order valence-electron chi connectivity index (χ0n) is 12.0. The van der Waals surface area contributed by atoms with Crippen molar-refractivity contribution in [2.45, 2.75) is 0 Å². The Balaban J connectivity index is 1.88. The van der Waals surface area contributed by atoms with Crippen LogP contribution in [0.1, 0.15) is 0 Å². The van der Waals surface area contributed by atoms with E-state index in [0.29, 0.717) is 5.69 Å². The van der Waals surface area contributed by atoms with Gasteiger partial charge >= 0.3 is 10.2 Å². The summed E-state index contributed by atoms with van der Waals surface area (Å²) in [7, 11) is -0.535. The number of hydrogen-bond acceptors (Lipinski definition) is 5. The third kappa shape index (κ3) is 2.94. The van der Waals surface area contributed by atoms with Gasteiger partial charge in [0.25, 0.3) is 0 Å². The Bertz CT molecular complexity index is 869. The maximum Gasteiger partial charge on any atom is 0.301 e. The normalized spacial score (nSPS) is 12.0. The number of aromatic nitrogens is 2. The summed E-state index contributed by atoms with van der Waals surface area (Å²) < 4.78 is 27.2. The summed E-state index contributed by atoms with van der Waals surface area (Å²) in [6.45, 7) is 0. The van der Waals surface area contributed by atoms with E-state index >= 15 is 0 Å². The van der Waals surface area contributed by atoms with Crippen molar-refractivity contribution >= 4 is 37.6 Å². The lowest BCUT2D eigenvalue weighted by atomic mass is 10.2. The molecule has 0 radical (unpaired) electrons. The van der Waals surface area contributed by atoms with Crippen molar-refractivity contribution in [2.75, 3.05) is 18.8 Å². The van der Waals surface area contributed by atoms with E-state index in [1.807, 2.05) is 24.3 Å². The summed E-state index contributed by atoms with van der Waals surface area (Å²) in [6.07, 6.45) is 1.74. The van der Waals surface area contributed by atoms with Crippen LogP contribution in [-0.2, 0) is 10.2 Å². The van der Waals surface area contributed by atoms with Crippen LogP contribution in [0.5, 0.6) is 0 Å². The van der Waals surface area contributed by atoms with Crippen LogP contribution in [-0.4, -0.2) is 36.8 Å². The van der Waals surface area contributed by atoms with E-state index < -0.39 is 10.2 Å². The fourth-order valence-corrected chi connectivity index (χ4v) is 3.34. The number of thiazole rings is 1. The number of pyridine rings is 1. The van der Waals surface area contributed by atoms with Crippen molar-refractivity contribution in [3.05, 3.63) is 42.6 Å². The van der Waals surface area contributed by atoms with Crippen molar-refractivity contribution < 1.29 is 8.42 Å². The molecule has 3 aromatic rings. The first-order valence-electron chi connectivity index (χ1n) is 6.48. The van der Waals surface area contributed by atoms with Crippen molar-refractivity contribution in [3.8, 4) is 10.6 Å². The van der Waals surface area contributed by atoms with Crippen LogP contribution >= 0.6 is 11.3 Å². The molecule has 1 aromatic carbocycles. The third-order valence-corrected chi connectivity index (χ3v) is 5.51. The summed E-state index contributed by atoms with van der Waals surface area (Å²) in [4.78, 5) is 9.68. The molecule has 2 heterocycles. The molecule has 0 saturated heterocycles. The van der Waals surface area contributed by atoms with E-state index in [-0.39, 0.29) is 0 Å². The van der Waals surface area contributed by atoms with Crippen LogP contribution in [0.2, 0.25) is 0 Å². The summed E-state index contributed by atoms with van der Waals surface area (Å²) in [6, 6.07) is 10.9. The second kappa shape index (κ2) is 5.64. The molecular weight excluding hydrogens is 320 g/mol. The molecule has 0 aliphatic carbocycles. The second-order valence-corrected chi connectivity index (χ2v) is 7.68. The van der Waals surface area contributed by atoms with E-state index in [0.717, 1.165) is 25.2 Å². The van der Waals surface area contributed by atoms with Crippen molar-refractivity contribution in [1.29, 1.82) is 0 Å². The van der Waals surface area contributed by atoms with Gasteiger partial charge in [0, 0.05) is 31.5 Å². The maximum absolute atomic E-state index is 11.8. The van der Waals surface area contributed by atoms with Crippen LogP contribution < -0.4 is 4.72 Å². The largest absolute Gasteiger partial charge is 0.301 e. The molecule has 0 atom stereocenters. The van der Waals surface area contributed by atoms with Gasteiger partial charge < -0.3 is 0 Å². The minimum absolute atomic E-state index is 0.511. The zero-order valence-corrected chi connectivity index (χ0v) is 13.6. The van der Waals surface area contributed by atoms with Crippen LogP contribution in [0.15, 0.2) is 42.6 Å². The van der Waals surface area contributed by atoms with Crippen LogP contribution in [0.25, 0.3) is 20.9 Å². The van der Waals surface area contributed by atoms with Gasteiger partial charge in [-0.25, -0.2) is 9.97 Å². The quantitative estimate of drug-likeness (QED) is 0.796. The molecule has 0 spiro atoms. The Morgan fingerprint density at radius 2 is 1.86 bits per heavy atom. The molecule has 0 saturated carbocycles. The van der Waals surface area contributed by atoms with Crippen molar-refractivity contribution in [1.82, 2.24) is 14.3 Å². The molecular formula is C14H14N4O2S2. The molecule has 6 nitrogen and oxygen atoms in total. The molecule has 2 aromatic heterocycles. The first kappa shape index (κ1) is 14.9. The molecule has 22 heavy (non-hydrogen) atoms. The highest BCUT2D eigenvalue weighted by molar-refractivity contribution is 7.90. The van der Waals surface area contributed by atoms with E-state index in [1.54, 1.807) is 18.3 Å². The standard InChI is InChI=1S/C14H14N4O2S2/c1-18(2)22(19,20)17-11-7-5-10(6-8-11)13-16-12-4-3-9-15-14(12)21-13/h3-9,17H,1-2H3. The highest BCUT2D eigenvalue weighted by Gasteiger charge is 2.13. The molecule has 3 rings (SSSR count). The lowest BCUT2D eigenvalue weighted by Crippen LogP contribution is -2.28. The molecule has 0 unspecified atom stereocenters. The van der Waals surface area contributed by atoms with Gasteiger partial charge in [-0.2, -0.15) is 12.7 Å². The number of fused-ring (bicyclic) bond motifs is 1. The Morgan fingerprint density at radius 1 is 1.14 bits per heavy atom. The number of rotatable bonds is 4. The Hall–Kier alpha value is -2.03. The van der Waals surface area contributed by atoms with Gasteiger partial charge in [0.1, 0.15) is 15.4 Å². The fourth-order valence-electron chi connectivity index (χ4n) is 1.81. The van der Waals surface area contributed by atoms with Crippen LogP contribution in [0, 0.1) is 0 Å². The van der Waals surface area contributed by atoms with Gasteiger partial charge in [-0.15, -0.1) is 0 Å². The number of benzene rings is 1. The smallest absolute Gasteiger partial charge is 0.271 e. The highest BCUT2D eigenvalue weighted by Crippen LogP contribution is 2.29. The van der Waals surface area contributed by atoms with E-state index in [9.17, 15) is 8.42 Å². The lowest BCUT2D eigenvalue weighted by molar-refractivity contribution is 0.527. The van der Waals surface area contributed by atoms with Crippen LogP contribution in [0.4, 0.5) is 5.69 Å². The van der Waals surface area contributed by atoms with Gasteiger partial charge in [0.15, 0.2) is 0 Å².